The van der Waals surface area contributed by atoms with E-state index in [4.69, 9.17) is 10.5 Å². The van der Waals surface area contributed by atoms with Gasteiger partial charge in [-0.2, -0.15) is 0 Å². The molecule has 0 bridgehead atoms. The second-order valence-electron chi connectivity index (χ2n) is 4.54. The lowest BCUT2D eigenvalue weighted by Gasteiger charge is -2.12. The molecule has 1 rings (SSSR count). The molecule has 0 saturated heterocycles. The molecule has 0 aliphatic carbocycles. The van der Waals surface area contributed by atoms with Crippen molar-refractivity contribution in [2.75, 3.05) is 6.61 Å². The Labute approximate surface area is 104 Å². The summed E-state index contributed by atoms with van der Waals surface area (Å²) in [7, 11) is 0. The molecule has 17 heavy (non-hydrogen) atoms. The fraction of sp³-hybridized carbons (Fsp3) is 0.467. The molecule has 0 radical (unpaired) electrons. The maximum atomic E-state index is 6.07. The van der Waals surface area contributed by atoms with Gasteiger partial charge in [0.15, 0.2) is 0 Å². The number of rotatable bonds is 7. The van der Waals surface area contributed by atoms with Gasteiger partial charge in [-0.15, -0.1) is 6.58 Å². The van der Waals surface area contributed by atoms with Crippen LogP contribution in [0.3, 0.4) is 0 Å². The van der Waals surface area contributed by atoms with E-state index in [1.807, 2.05) is 31.2 Å². The summed E-state index contributed by atoms with van der Waals surface area (Å²) >= 11 is 0. The Morgan fingerprint density at radius 3 is 2.53 bits per heavy atom. The molecule has 2 nitrogen and oxygen atoms in total. The molecule has 0 saturated carbocycles. The Hall–Kier alpha value is -1.28. The van der Waals surface area contributed by atoms with Gasteiger partial charge in [0.25, 0.3) is 0 Å². The third-order valence-corrected chi connectivity index (χ3v) is 2.64. The normalized spacial score (nSPS) is 12.2. The zero-order valence-corrected chi connectivity index (χ0v) is 10.9. The second kappa shape index (κ2) is 7.13. The van der Waals surface area contributed by atoms with Gasteiger partial charge in [-0.3, -0.25) is 0 Å². The first-order valence-corrected chi connectivity index (χ1v) is 6.26. The number of hydrogen-bond donors (Lipinski definition) is 1. The third-order valence-electron chi connectivity index (χ3n) is 2.64. The van der Waals surface area contributed by atoms with E-state index < -0.39 is 0 Å². The van der Waals surface area contributed by atoms with Gasteiger partial charge in [-0.25, -0.2) is 0 Å². The number of benzene rings is 1. The molecular formula is C15H23NO. The van der Waals surface area contributed by atoms with Crippen LogP contribution in [0.2, 0.25) is 0 Å². The first-order valence-electron chi connectivity index (χ1n) is 6.26. The molecule has 2 N–H and O–H groups in total. The second-order valence-corrected chi connectivity index (χ2v) is 4.54. The van der Waals surface area contributed by atoms with Crippen LogP contribution in [-0.2, 0) is 0 Å². The molecule has 2 heteroatoms. The lowest BCUT2D eigenvalue weighted by atomic mass is 10.0. The van der Waals surface area contributed by atoms with Crippen LogP contribution in [0.15, 0.2) is 36.4 Å². The molecule has 94 valence electrons. The Bertz CT molecular complexity index is 342. The van der Waals surface area contributed by atoms with Gasteiger partial charge < -0.3 is 10.5 Å². The number of ether oxygens (including phenoxy) is 1. The summed E-state index contributed by atoms with van der Waals surface area (Å²) in [6, 6.07) is 8.09. The standard InChI is InChI=1S/C15H23NO/c1-4-5-10-17-14-8-6-13(7-9-14)15(16)11-12(2)3/h6-9,15H,2,4-5,10-11,16H2,1,3H3. The molecule has 0 fully saturated rings. The summed E-state index contributed by atoms with van der Waals surface area (Å²) in [5.74, 6) is 0.921. The summed E-state index contributed by atoms with van der Waals surface area (Å²) in [6.45, 7) is 8.83. The van der Waals surface area contributed by atoms with E-state index in [0.29, 0.717) is 0 Å². The van der Waals surface area contributed by atoms with Gasteiger partial charge >= 0.3 is 0 Å². The topological polar surface area (TPSA) is 35.2 Å². The highest BCUT2D eigenvalue weighted by Crippen LogP contribution is 2.20. The maximum absolute atomic E-state index is 6.07. The van der Waals surface area contributed by atoms with E-state index in [9.17, 15) is 0 Å². The van der Waals surface area contributed by atoms with Crippen LogP contribution >= 0.6 is 0 Å². The van der Waals surface area contributed by atoms with E-state index in [1.54, 1.807) is 0 Å². The van der Waals surface area contributed by atoms with E-state index >= 15 is 0 Å². The predicted molar refractivity (Wildman–Crippen MR) is 73.2 cm³/mol. The number of hydrogen-bond acceptors (Lipinski definition) is 2. The zero-order chi connectivity index (χ0) is 12.7. The van der Waals surface area contributed by atoms with Crippen molar-refractivity contribution in [3.05, 3.63) is 42.0 Å². The summed E-state index contributed by atoms with van der Waals surface area (Å²) < 4.78 is 5.60. The molecule has 0 aliphatic rings. The van der Waals surface area contributed by atoms with Crippen molar-refractivity contribution < 1.29 is 4.74 Å². The van der Waals surface area contributed by atoms with E-state index in [-0.39, 0.29) is 6.04 Å². The van der Waals surface area contributed by atoms with Crippen molar-refractivity contribution in [1.29, 1.82) is 0 Å². The smallest absolute Gasteiger partial charge is 0.119 e. The van der Waals surface area contributed by atoms with Crippen molar-refractivity contribution in [2.45, 2.75) is 39.2 Å². The minimum atomic E-state index is 0.0391. The van der Waals surface area contributed by atoms with Crippen LogP contribution in [-0.4, -0.2) is 6.61 Å². The lowest BCUT2D eigenvalue weighted by molar-refractivity contribution is 0.309. The van der Waals surface area contributed by atoms with Crippen molar-refractivity contribution in [3.63, 3.8) is 0 Å². The van der Waals surface area contributed by atoms with Crippen molar-refractivity contribution in [3.8, 4) is 5.75 Å². The summed E-state index contributed by atoms with van der Waals surface area (Å²) in [5, 5.41) is 0. The quantitative estimate of drug-likeness (QED) is 0.574. The van der Waals surface area contributed by atoms with Gasteiger partial charge in [-0.05, 0) is 37.5 Å². The monoisotopic (exact) mass is 233 g/mol. The average molecular weight is 233 g/mol. The van der Waals surface area contributed by atoms with E-state index in [0.717, 1.165) is 42.8 Å². The van der Waals surface area contributed by atoms with Gasteiger partial charge in [0, 0.05) is 6.04 Å². The van der Waals surface area contributed by atoms with Gasteiger partial charge in [0.05, 0.1) is 6.61 Å². The van der Waals surface area contributed by atoms with Crippen molar-refractivity contribution in [2.24, 2.45) is 5.73 Å². The Balaban J connectivity index is 2.52. The minimum Gasteiger partial charge on any atom is -0.494 e. The summed E-state index contributed by atoms with van der Waals surface area (Å²) in [4.78, 5) is 0. The van der Waals surface area contributed by atoms with Gasteiger partial charge in [-0.1, -0.05) is 31.1 Å². The Morgan fingerprint density at radius 1 is 1.35 bits per heavy atom. The number of unbranched alkanes of at least 4 members (excludes halogenated alkanes) is 1. The molecule has 1 unspecified atom stereocenters. The van der Waals surface area contributed by atoms with Gasteiger partial charge in [0.1, 0.15) is 5.75 Å². The molecule has 0 aromatic heterocycles. The van der Waals surface area contributed by atoms with Crippen LogP contribution in [0.4, 0.5) is 0 Å². The van der Waals surface area contributed by atoms with Crippen molar-refractivity contribution in [1.82, 2.24) is 0 Å². The third kappa shape index (κ3) is 5.05. The first-order chi connectivity index (χ1) is 8.13. The minimum absolute atomic E-state index is 0.0391. The predicted octanol–water partition coefficient (Wildman–Crippen LogP) is 3.83. The van der Waals surface area contributed by atoms with E-state index in [1.165, 1.54) is 0 Å². The SMILES string of the molecule is C=C(C)CC(N)c1ccc(OCCCC)cc1. The molecule has 0 amide bonds. The first kappa shape index (κ1) is 13.8. The van der Waals surface area contributed by atoms with Crippen molar-refractivity contribution >= 4 is 0 Å². The number of nitrogens with two attached hydrogens (primary N) is 1. The fourth-order valence-electron chi connectivity index (χ4n) is 1.64. The van der Waals surface area contributed by atoms with Crippen LogP contribution in [0.25, 0.3) is 0 Å². The van der Waals surface area contributed by atoms with Crippen LogP contribution in [0, 0.1) is 0 Å². The molecule has 0 heterocycles. The average Bonchev–Trinajstić information content (AvgIpc) is 2.29. The molecule has 1 aromatic rings. The van der Waals surface area contributed by atoms with Gasteiger partial charge in [0.2, 0.25) is 0 Å². The maximum Gasteiger partial charge on any atom is 0.119 e. The molecular weight excluding hydrogens is 210 g/mol. The highest BCUT2D eigenvalue weighted by Gasteiger charge is 2.05. The fourth-order valence-corrected chi connectivity index (χ4v) is 1.64. The van der Waals surface area contributed by atoms with Crippen LogP contribution < -0.4 is 10.5 Å². The molecule has 0 spiro atoms. The molecule has 0 aliphatic heterocycles. The summed E-state index contributed by atoms with van der Waals surface area (Å²) in [6.07, 6.45) is 3.08. The lowest BCUT2D eigenvalue weighted by Crippen LogP contribution is -2.10. The highest BCUT2D eigenvalue weighted by atomic mass is 16.5. The highest BCUT2D eigenvalue weighted by molar-refractivity contribution is 5.29. The zero-order valence-electron chi connectivity index (χ0n) is 10.9. The van der Waals surface area contributed by atoms with Crippen LogP contribution in [0.1, 0.15) is 44.7 Å². The van der Waals surface area contributed by atoms with E-state index in [2.05, 4.69) is 13.5 Å². The van der Waals surface area contributed by atoms with Crippen LogP contribution in [0.5, 0.6) is 5.75 Å². The Morgan fingerprint density at radius 2 is 2.00 bits per heavy atom. The largest absolute Gasteiger partial charge is 0.494 e. The summed E-state index contributed by atoms with van der Waals surface area (Å²) in [5.41, 5.74) is 8.31. The Kier molecular flexibility index (Phi) is 5.78. The molecule has 1 aromatic carbocycles. The molecule has 1 atom stereocenters.